The van der Waals surface area contributed by atoms with E-state index in [1.165, 1.54) is 54.4 Å². The van der Waals surface area contributed by atoms with Gasteiger partial charge in [-0.1, -0.05) is 0 Å². The van der Waals surface area contributed by atoms with Crippen LogP contribution in [0.15, 0.2) is 52.3 Å². The van der Waals surface area contributed by atoms with Crippen LogP contribution in [0.5, 0.6) is 0 Å². The first-order valence-corrected chi connectivity index (χ1v) is 12.4. The zero-order valence-electron chi connectivity index (χ0n) is 17.2. The molecular formula is C19H22N4O7S2. The van der Waals surface area contributed by atoms with Crippen LogP contribution in [0.25, 0.3) is 0 Å². The fourth-order valence-electron chi connectivity index (χ4n) is 3.24. The Labute approximate surface area is 185 Å². The number of sulfonamides is 2. The zero-order valence-corrected chi connectivity index (χ0v) is 18.8. The molecule has 1 atom stereocenters. The van der Waals surface area contributed by atoms with E-state index >= 15 is 0 Å². The molecular weight excluding hydrogens is 460 g/mol. The number of aliphatic carboxylic acids is 1. The highest BCUT2D eigenvalue weighted by atomic mass is 32.2. The number of nitrogens with one attached hydrogen (secondary N) is 3. The van der Waals surface area contributed by atoms with Gasteiger partial charge in [0.15, 0.2) is 0 Å². The van der Waals surface area contributed by atoms with Crippen LogP contribution in [-0.2, 0) is 29.6 Å². The maximum absolute atomic E-state index is 12.9. The predicted molar refractivity (Wildman–Crippen MR) is 118 cm³/mol. The van der Waals surface area contributed by atoms with Crippen molar-refractivity contribution in [3.05, 3.63) is 42.5 Å². The number of hydrogen-bond donors (Lipinski definition) is 4. The van der Waals surface area contributed by atoms with Crippen LogP contribution >= 0.6 is 0 Å². The van der Waals surface area contributed by atoms with Crippen LogP contribution in [-0.4, -0.2) is 54.5 Å². The third kappa shape index (κ3) is 4.69. The standard InChI is InChI=1S/C19H22N4O7S2/c1-20-16-8-7-15(31(27,28)21-2)10-17(16)22-32(29,30)14-5-3-13(4-6-14)23-11-12(19(25)26)9-18(23)24/h3-8,10,12,20-22H,9,11H2,1-2H3,(H,25,26). The van der Waals surface area contributed by atoms with Crippen molar-refractivity contribution in [1.82, 2.24) is 4.72 Å². The number of anilines is 3. The second kappa shape index (κ2) is 8.76. The molecule has 0 spiro atoms. The molecule has 4 N–H and O–H groups in total. The lowest BCUT2D eigenvalue weighted by Gasteiger charge is -2.17. The SMILES string of the molecule is CNc1ccc(S(=O)(=O)NC)cc1NS(=O)(=O)c1ccc(N2CC(C(=O)O)CC2=O)cc1. The van der Waals surface area contributed by atoms with Crippen molar-refractivity contribution in [2.24, 2.45) is 5.92 Å². The minimum Gasteiger partial charge on any atom is -0.481 e. The largest absolute Gasteiger partial charge is 0.481 e. The molecule has 1 saturated heterocycles. The van der Waals surface area contributed by atoms with Gasteiger partial charge in [0, 0.05) is 25.7 Å². The molecule has 2 aromatic carbocycles. The molecule has 0 aromatic heterocycles. The number of carboxylic acid groups (broad SMARTS) is 1. The Morgan fingerprint density at radius 1 is 0.969 bits per heavy atom. The van der Waals surface area contributed by atoms with Crippen LogP contribution in [0.4, 0.5) is 17.1 Å². The van der Waals surface area contributed by atoms with E-state index < -0.39 is 31.9 Å². The minimum absolute atomic E-state index is 0.0107. The van der Waals surface area contributed by atoms with E-state index in [2.05, 4.69) is 14.8 Å². The van der Waals surface area contributed by atoms with Gasteiger partial charge in [-0.3, -0.25) is 14.3 Å². The molecule has 11 nitrogen and oxygen atoms in total. The lowest BCUT2D eigenvalue weighted by Crippen LogP contribution is -2.25. The molecule has 0 aliphatic carbocycles. The average molecular weight is 483 g/mol. The smallest absolute Gasteiger partial charge is 0.308 e. The summed E-state index contributed by atoms with van der Waals surface area (Å²) in [5.41, 5.74) is 0.783. The van der Waals surface area contributed by atoms with E-state index in [4.69, 9.17) is 5.11 Å². The molecule has 1 aliphatic rings. The van der Waals surface area contributed by atoms with Gasteiger partial charge in [-0.05, 0) is 49.5 Å². The molecule has 1 heterocycles. The highest BCUT2D eigenvalue weighted by Gasteiger charge is 2.35. The molecule has 1 fully saturated rings. The van der Waals surface area contributed by atoms with Crippen LogP contribution in [0, 0.1) is 5.92 Å². The average Bonchev–Trinajstić information content (AvgIpc) is 3.15. The third-order valence-electron chi connectivity index (χ3n) is 5.02. The summed E-state index contributed by atoms with van der Waals surface area (Å²) in [5, 5.41) is 11.9. The van der Waals surface area contributed by atoms with Gasteiger partial charge in [-0.15, -0.1) is 0 Å². The van der Waals surface area contributed by atoms with Crippen LogP contribution in [0.2, 0.25) is 0 Å². The van der Waals surface area contributed by atoms with Gasteiger partial charge >= 0.3 is 5.97 Å². The van der Waals surface area contributed by atoms with Gasteiger partial charge in [0.2, 0.25) is 15.9 Å². The molecule has 1 amide bonds. The number of carbonyl (C=O) groups excluding carboxylic acids is 1. The number of carboxylic acids is 1. The highest BCUT2D eigenvalue weighted by Crippen LogP contribution is 2.29. The first-order valence-electron chi connectivity index (χ1n) is 9.40. The molecule has 2 aromatic rings. The molecule has 1 aliphatic heterocycles. The summed E-state index contributed by atoms with van der Waals surface area (Å²) in [5.74, 6) is -2.23. The fraction of sp³-hybridized carbons (Fsp3) is 0.263. The lowest BCUT2D eigenvalue weighted by atomic mass is 10.1. The van der Waals surface area contributed by atoms with Crippen LogP contribution in [0.1, 0.15) is 6.42 Å². The normalized spacial score (nSPS) is 16.8. The first-order chi connectivity index (χ1) is 15.0. The van der Waals surface area contributed by atoms with Crippen LogP contribution in [0.3, 0.4) is 0 Å². The van der Waals surface area contributed by atoms with Crippen molar-refractivity contribution < 1.29 is 31.5 Å². The third-order valence-corrected chi connectivity index (χ3v) is 7.81. The summed E-state index contributed by atoms with van der Waals surface area (Å²) in [7, 11) is -5.08. The van der Waals surface area contributed by atoms with Gasteiger partial charge in [0.05, 0.1) is 27.1 Å². The number of carbonyl (C=O) groups is 2. The summed E-state index contributed by atoms with van der Waals surface area (Å²) in [6.45, 7) is 0.0107. The number of nitrogens with zero attached hydrogens (tertiary/aromatic N) is 1. The summed E-state index contributed by atoms with van der Waals surface area (Å²) in [6.07, 6.45) is -0.115. The maximum atomic E-state index is 12.9. The number of benzene rings is 2. The lowest BCUT2D eigenvalue weighted by molar-refractivity contribution is -0.141. The van der Waals surface area contributed by atoms with Gasteiger partial charge in [-0.25, -0.2) is 21.6 Å². The highest BCUT2D eigenvalue weighted by molar-refractivity contribution is 7.92. The topological polar surface area (TPSA) is 162 Å². The Bertz CT molecular complexity index is 1260. The molecule has 3 rings (SSSR count). The zero-order chi connectivity index (χ0) is 23.7. The number of amides is 1. The van der Waals surface area contributed by atoms with Gasteiger partial charge in [0.25, 0.3) is 10.0 Å². The second-order valence-electron chi connectivity index (χ2n) is 7.01. The van der Waals surface area contributed by atoms with E-state index in [1.54, 1.807) is 7.05 Å². The number of rotatable bonds is 8. The number of hydrogen-bond acceptors (Lipinski definition) is 7. The molecule has 13 heteroatoms. The van der Waals surface area contributed by atoms with Crippen molar-refractivity contribution in [2.45, 2.75) is 16.2 Å². The quantitative estimate of drug-likeness (QED) is 0.431. The molecule has 0 saturated carbocycles. The predicted octanol–water partition coefficient (Wildman–Crippen LogP) is 0.875. The Morgan fingerprint density at radius 2 is 1.59 bits per heavy atom. The summed E-state index contributed by atoms with van der Waals surface area (Å²) in [4.78, 5) is 24.3. The van der Waals surface area contributed by atoms with Gasteiger partial charge in [0.1, 0.15) is 0 Å². The minimum atomic E-state index is -4.10. The molecule has 172 valence electrons. The van der Waals surface area contributed by atoms with Crippen LogP contribution < -0.4 is 19.7 Å². The van der Waals surface area contributed by atoms with E-state index in [-0.39, 0.29) is 34.4 Å². The summed E-state index contributed by atoms with van der Waals surface area (Å²) < 4.78 is 54.4. The summed E-state index contributed by atoms with van der Waals surface area (Å²) in [6, 6.07) is 9.36. The molecule has 32 heavy (non-hydrogen) atoms. The van der Waals surface area contributed by atoms with Crippen molar-refractivity contribution in [1.29, 1.82) is 0 Å². The fourth-order valence-corrected chi connectivity index (χ4v) is 5.07. The second-order valence-corrected chi connectivity index (χ2v) is 10.6. The molecule has 0 radical (unpaired) electrons. The first kappa shape index (κ1) is 23.5. The summed E-state index contributed by atoms with van der Waals surface area (Å²) >= 11 is 0. The van der Waals surface area contributed by atoms with E-state index in [9.17, 15) is 26.4 Å². The van der Waals surface area contributed by atoms with E-state index in [1.807, 2.05) is 0 Å². The molecule has 1 unspecified atom stereocenters. The van der Waals surface area contributed by atoms with E-state index in [0.29, 0.717) is 11.4 Å². The van der Waals surface area contributed by atoms with E-state index in [0.717, 1.165) is 0 Å². The van der Waals surface area contributed by atoms with Crippen molar-refractivity contribution in [3.63, 3.8) is 0 Å². The van der Waals surface area contributed by atoms with Crippen molar-refractivity contribution >= 4 is 49.0 Å². The van der Waals surface area contributed by atoms with Crippen molar-refractivity contribution in [2.75, 3.05) is 35.6 Å². The van der Waals surface area contributed by atoms with Crippen molar-refractivity contribution in [3.8, 4) is 0 Å². The van der Waals surface area contributed by atoms with Gasteiger partial charge < -0.3 is 15.3 Å². The Morgan fingerprint density at radius 3 is 2.12 bits per heavy atom. The van der Waals surface area contributed by atoms with Gasteiger partial charge in [-0.2, -0.15) is 0 Å². The Hall–Kier alpha value is -3.16. The monoisotopic (exact) mass is 482 g/mol. The Kier molecular flexibility index (Phi) is 6.44. The molecule has 0 bridgehead atoms. The Balaban J connectivity index is 1.87. The maximum Gasteiger partial charge on any atom is 0.308 e.